The molecule has 0 aliphatic rings. The van der Waals surface area contributed by atoms with E-state index in [2.05, 4.69) is 16.8 Å². The minimum atomic E-state index is -0.622. The molecular weight excluding hydrogens is 326 g/mol. The Morgan fingerprint density at radius 2 is 1.77 bits per heavy atom. The Kier molecular flexibility index (Phi) is 6.19. The third-order valence-electron chi connectivity index (χ3n) is 3.25. The highest BCUT2D eigenvalue weighted by Gasteiger charge is 2.20. The van der Waals surface area contributed by atoms with Crippen molar-refractivity contribution in [2.24, 2.45) is 4.99 Å². The minimum absolute atomic E-state index is 0.0617. The Bertz CT molecular complexity index is 863. The Balaban J connectivity index is 2.38. The van der Waals surface area contributed by atoms with Gasteiger partial charge in [0.1, 0.15) is 11.4 Å². The molecule has 0 aliphatic carbocycles. The molecule has 4 nitrogen and oxygen atoms in total. The molecule has 0 spiro atoms. The van der Waals surface area contributed by atoms with E-state index < -0.39 is 11.6 Å². The van der Waals surface area contributed by atoms with E-state index >= 15 is 0 Å². The smallest absolute Gasteiger partial charge is 0.366 e. The third kappa shape index (κ3) is 6.10. The molecule has 0 radical (unpaired) electrons. The van der Waals surface area contributed by atoms with E-state index in [1.807, 2.05) is 52.0 Å². The number of hydrogen-bond acceptors (Lipinski definition) is 4. The maximum Gasteiger partial charge on any atom is 0.366 e. The molecule has 0 unspecified atom stereocenters. The van der Waals surface area contributed by atoms with Gasteiger partial charge < -0.3 is 9.47 Å². The van der Waals surface area contributed by atoms with Gasteiger partial charge in [0, 0.05) is 5.56 Å². The summed E-state index contributed by atoms with van der Waals surface area (Å²) in [4.78, 5) is 16.9. The van der Waals surface area contributed by atoms with Crippen molar-refractivity contribution < 1.29 is 14.3 Å². The summed E-state index contributed by atoms with van der Waals surface area (Å²) in [6.45, 7) is 7.42. The first kappa shape index (κ1) is 19.3. The van der Waals surface area contributed by atoms with Crippen LogP contribution in [0.1, 0.15) is 31.9 Å². The highest BCUT2D eigenvalue weighted by molar-refractivity contribution is 6.44. The first-order valence-corrected chi connectivity index (χ1v) is 8.31. The van der Waals surface area contributed by atoms with Crippen LogP contribution >= 0.6 is 0 Å². The Hall–Kier alpha value is -3.06. The van der Waals surface area contributed by atoms with Gasteiger partial charge in [-0.05, 0) is 75.6 Å². The van der Waals surface area contributed by atoms with Gasteiger partial charge >= 0.3 is 5.97 Å². The minimum Gasteiger partial charge on any atom is -0.497 e. The molecule has 2 aromatic carbocycles. The second-order valence-electron chi connectivity index (χ2n) is 6.78. The Morgan fingerprint density at radius 3 is 2.35 bits per heavy atom. The van der Waals surface area contributed by atoms with Crippen molar-refractivity contribution in [2.45, 2.75) is 33.3 Å². The SMILES string of the molecule is COc1ccc(N=C(C#Cc2cccc(C)c2)C(=O)OC(C)(C)C)cc1. The number of carbonyl (C=O) groups is 1. The van der Waals surface area contributed by atoms with Crippen LogP contribution in [0.15, 0.2) is 53.5 Å². The van der Waals surface area contributed by atoms with Crippen LogP contribution in [0, 0.1) is 18.8 Å². The summed E-state index contributed by atoms with van der Waals surface area (Å²) in [5.74, 6) is 6.01. The highest BCUT2D eigenvalue weighted by Crippen LogP contribution is 2.18. The number of aryl methyl sites for hydroxylation is 1. The van der Waals surface area contributed by atoms with Gasteiger partial charge in [-0.15, -0.1) is 0 Å². The molecule has 0 N–H and O–H groups in total. The van der Waals surface area contributed by atoms with E-state index in [1.54, 1.807) is 31.4 Å². The molecule has 0 aromatic heterocycles. The van der Waals surface area contributed by atoms with Crippen molar-refractivity contribution in [1.29, 1.82) is 0 Å². The van der Waals surface area contributed by atoms with Crippen molar-refractivity contribution in [2.75, 3.05) is 7.11 Å². The highest BCUT2D eigenvalue weighted by atomic mass is 16.6. The van der Waals surface area contributed by atoms with Crippen LogP contribution in [-0.2, 0) is 9.53 Å². The molecule has 26 heavy (non-hydrogen) atoms. The molecule has 0 bridgehead atoms. The number of carbonyl (C=O) groups excluding carboxylic acids is 1. The molecule has 0 saturated carbocycles. The zero-order valence-corrected chi connectivity index (χ0v) is 15.8. The molecule has 2 rings (SSSR count). The topological polar surface area (TPSA) is 47.9 Å². The van der Waals surface area contributed by atoms with Gasteiger partial charge in [0.2, 0.25) is 0 Å². The number of hydrogen-bond donors (Lipinski definition) is 0. The molecule has 2 aromatic rings. The van der Waals surface area contributed by atoms with E-state index in [0.717, 1.165) is 11.1 Å². The average Bonchev–Trinajstić information content (AvgIpc) is 2.57. The third-order valence-corrected chi connectivity index (χ3v) is 3.25. The zero-order chi connectivity index (χ0) is 19.2. The lowest BCUT2D eigenvalue weighted by atomic mass is 10.1. The van der Waals surface area contributed by atoms with Gasteiger partial charge in [-0.2, -0.15) is 0 Å². The summed E-state index contributed by atoms with van der Waals surface area (Å²) in [6.07, 6.45) is 0. The molecule has 0 saturated heterocycles. The number of nitrogens with zero attached hydrogens (tertiary/aromatic N) is 1. The largest absolute Gasteiger partial charge is 0.497 e. The van der Waals surface area contributed by atoms with Crippen LogP contribution in [0.3, 0.4) is 0 Å². The van der Waals surface area contributed by atoms with Crippen LogP contribution in [0.2, 0.25) is 0 Å². The lowest BCUT2D eigenvalue weighted by molar-refractivity contribution is -0.145. The molecule has 4 heteroatoms. The molecular formula is C22H23NO3. The van der Waals surface area contributed by atoms with Gasteiger partial charge in [-0.25, -0.2) is 9.79 Å². The van der Waals surface area contributed by atoms with E-state index in [0.29, 0.717) is 11.4 Å². The molecule has 0 heterocycles. The van der Waals surface area contributed by atoms with E-state index in [-0.39, 0.29) is 5.71 Å². The number of benzene rings is 2. The normalized spacial score (nSPS) is 11.3. The lowest BCUT2D eigenvalue weighted by Crippen LogP contribution is -2.28. The van der Waals surface area contributed by atoms with Crippen LogP contribution < -0.4 is 4.74 Å². The van der Waals surface area contributed by atoms with Crippen molar-refractivity contribution in [3.8, 4) is 17.6 Å². The van der Waals surface area contributed by atoms with Gasteiger partial charge in [0.15, 0.2) is 5.71 Å². The quantitative estimate of drug-likeness (QED) is 0.467. The molecule has 0 fully saturated rings. The fraction of sp³-hybridized carbons (Fsp3) is 0.273. The van der Waals surface area contributed by atoms with Gasteiger partial charge in [0.05, 0.1) is 12.8 Å². The number of ether oxygens (including phenoxy) is 2. The van der Waals surface area contributed by atoms with E-state index in [9.17, 15) is 4.79 Å². The van der Waals surface area contributed by atoms with Crippen LogP contribution in [0.4, 0.5) is 5.69 Å². The Labute approximate surface area is 154 Å². The number of methoxy groups -OCH3 is 1. The number of aliphatic imine (C=N–C) groups is 1. The maximum absolute atomic E-state index is 12.5. The number of esters is 1. The second-order valence-corrected chi connectivity index (χ2v) is 6.78. The van der Waals surface area contributed by atoms with Crippen LogP contribution in [0.25, 0.3) is 0 Å². The van der Waals surface area contributed by atoms with E-state index in [4.69, 9.17) is 9.47 Å². The van der Waals surface area contributed by atoms with Crippen molar-refractivity contribution in [3.05, 3.63) is 59.7 Å². The average molecular weight is 349 g/mol. The summed E-state index contributed by atoms with van der Waals surface area (Å²) in [5.41, 5.74) is 1.96. The van der Waals surface area contributed by atoms with Crippen LogP contribution in [-0.4, -0.2) is 24.4 Å². The fourth-order valence-electron chi connectivity index (χ4n) is 2.09. The van der Waals surface area contributed by atoms with Crippen molar-refractivity contribution in [1.82, 2.24) is 0 Å². The molecule has 134 valence electrons. The molecule has 0 amide bonds. The Morgan fingerprint density at radius 1 is 1.08 bits per heavy atom. The van der Waals surface area contributed by atoms with E-state index in [1.165, 1.54) is 0 Å². The maximum atomic E-state index is 12.5. The summed E-state index contributed by atoms with van der Waals surface area (Å²) in [5, 5.41) is 0. The monoisotopic (exact) mass is 349 g/mol. The van der Waals surface area contributed by atoms with Gasteiger partial charge in [0.25, 0.3) is 0 Å². The second kappa shape index (κ2) is 8.35. The fourth-order valence-corrected chi connectivity index (χ4v) is 2.09. The van der Waals surface area contributed by atoms with Gasteiger partial charge in [-0.3, -0.25) is 0 Å². The number of rotatable bonds is 3. The summed E-state index contributed by atoms with van der Waals surface area (Å²) in [6, 6.07) is 14.8. The predicted molar refractivity (Wildman–Crippen MR) is 104 cm³/mol. The molecule has 0 atom stereocenters. The zero-order valence-electron chi connectivity index (χ0n) is 15.8. The predicted octanol–water partition coefficient (Wildman–Crippen LogP) is 4.47. The summed E-state index contributed by atoms with van der Waals surface area (Å²) in [7, 11) is 1.59. The lowest BCUT2D eigenvalue weighted by Gasteiger charge is -2.18. The standard InChI is InChI=1S/C22H23NO3/c1-16-7-6-8-17(15-16)9-14-20(21(24)26-22(2,3)4)23-18-10-12-19(25-5)13-11-18/h6-8,10-13,15H,1-5H3. The van der Waals surface area contributed by atoms with Gasteiger partial charge in [-0.1, -0.05) is 18.1 Å². The van der Waals surface area contributed by atoms with Crippen molar-refractivity contribution in [3.63, 3.8) is 0 Å². The summed E-state index contributed by atoms with van der Waals surface area (Å²) < 4.78 is 10.6. The molecule has 0 aliphatic heterocycles. The first-order valence-electron chi connectivity index (χ1n) is 8.31. The summed E-state index contributed by atoms with van der Waals surface area (Å²) >= 11 is 0. The first-order chi connectivity index (χ1) is 12.3. The van der Waals surface area contributed by atoms with Crippen molar-refractivity contribution >= 4 is 17.4 Å². The van der Waals surface area contributed by atoms with Crippen LogP contribution in [0.5, 0.6) is 5.75 Å².